The molecule has 786 valence electrons. The third-order valence-corrected chi connectivity index (χ3v) is 32.7. The summed E-state index contributed by atoms with van der Waals surface area (Å²) >= 11 is 11.4. The van der Waals surface area contributed by atoms with Crippen molar-refractivity contribution in [2.45, 2.75) is 280 Å². The lowest BCUT2D eigenvalue weighted by Gasteiger charge is -2.35. The molecule has 5 aromatic carbocycles. The molecular weight excluding hydrogens is 2010 g/mol. The Morgan fingerprint density at radius 1 is 0.473 bits per heavy atom. The van der Waals surface area contributed by atoms with Crippen molar-refractivity contribution in [3.63, 3.8) is 0 Å². The minimum atomic E-state index is -0.806. The fourth-order valence-electron chi connectivity index (χ4n) is 19.2. The number of amides is 11. The molecular formula is C109H143BrN16O15S5. The van der Waals surface area contributed by atoms with Crippen LogP contribution in [0.4, 0.5) is 0 Å². The zero-order chi connectivity index (χ0) is 106. The summed E-state index contributed by atoms with van der Waals surface area (Å²) in [6, 6.07) is 31.8. The zero-order valence-corrected chi connectivity index (χ0v) is 92.0. The number of carbonyl (C=O) groups is 11. The molecule has 12 atom stereocenters. The van der Waals surface area contributed by atoms with E-state index in [2.05, 4.69) is 86.9 Å². The fourth-order valence-corrected chi connectivity index (χ4v) is 23.5. The van der Waals surface area contributed by atoms with Gasteiger partial charge < -0.3 is 82.1 Å². The number of fused-ring (bicyclic) bond motifs is 1. The molecule has 37 heteroatoms. The summed E-state index contributed by atoms with van der Waals surface area (Å²) in [6.07, 6.45) is 6.06. The van der Waals surface area contributed by atoms with Crippen molar-refractivity contribution in [1.29, 1.82) is 0 Å². The normalized spacial score (nSPS) is 19.5. The van der Waals surface area contributed by atoms with Crippen molar-refractivity contribution in [3.8, 4) is 41.8 Å². The summed E-state index contributed by atoms with van der Waals surface area (Å²) in [4.78, 5) is 174. The third-order valence-electron chi connectivity index (χ3n) is 27.4. The number of aliphatic hydroxyl groups excluding tert-OH is 4. The Bertz CT molecular complexity index is 5940. The number of rotatable bonds is 35. The van der Waals surface area contributed by atoms with Crippen LogP contribution in [0.2, 0.25) is 0 Å². The van der Waals surface area contributed by atoms with Crippen LogP contribution in [-0.4, -0.2) is 247 Å². The van der Waals surface area contributed by atoms with Gasteiger partial charge in [-0.25, -0.2) is 19.9 Å². The first kappa shape index (κ1) is 114. The monoisotopic (exact) mass is 2150 g/mol. The van der Waals surface area contributed by atoms with Crippen molar-refractivity contribution < 1.29 is 73.2 Å². The second kappa shape index (κ2) is 53.0. The highest BCUT2D eigenvalue weighted by molar-refractivity contribution is 9.10. The van der Waals surface area contributed by atoms with E-state index in [1.807, 2.05) is 214 Å². The Balaban J connectivity index is 0.000000173. The number of β-amino-alcohol motifs (C(OH)–C–C–N with tert-alkyl or cyclic N) is 4. The number of aliphatic hydroxyl groups is 4. The standard InChI is InChI=1S/C29H31BrN4O4S.C28H40N4O3S.C26H36N4O4S2.C26H36N4O4S/c1-16(2)25(34-14-22-21(28(34)37)5-4-6-23(22)30)29(38)33-13-20(35)11-24(33)27(36)31-12-18-7-9-19(10-8-18)26-17(3)32-15-39-26;1-18(2)12-13-29-25(21-6-4-5-7-21)28(35)32-16-23(33)14-24(32)27(34)30-15-20-8-10-22(11-9-20)26-19(3)31-17-36-26;1-16(2)5-10-23(32)29-21(14-35-4)26(34)30-13-20(31)11-22(30)25(33)27-12-18-6-8-19(9-7-18)24-17(3)28-15-36-24;1-15(2)23(32)29-22(26(4,5)6)25(34)30-13-19(31)11-20(30)24(33)27-12-17-7-9-18(10-8-17)21-16(3)28-14-35-21/h4-10,15-16,20,24-25,35H,11-14H2,1-3H3,(H,31,36);8-11,17-18,21,23-25,29,33H,4-7,12-16H2,1-3H3,(H,30,34);6-9,15-16,20-22,31H,5,10-14H2,1-4H3,(H,27,33)(H,29,32);7-10,14-15,19-20,22,31H,11-13H2,1-6H3,(H,27,33)(H,29,32)/t20-,24+,25+;23-,24+,25+;20-,21+,22+;19-,20+,22-/m1111/s1. The van der Waals surface area contributed by atoms with Gasteiger partial charge in [0, 0.05) is 113 Å². The Morgan fingerprint density at radius 3 is 1.15 bits per heavy atom. The molecule has 1 saturated carbocycles. The molecule has 11 amide bonds. The van der Waals surface area contributed by atoms with Gasteiger partial charge in [0.25, 0.3) is 5.91 Å². The number of thiazole rings is 4. The number of likely N-dealkylation sites (tertiary alicyclic amines) is 4. The lowest BCUT2D eigenvalue weighted by molar-refractivity contribution is -0.144. The highest BCUT2D eigenvalue weighted by Gasteiger charge is 2.50. The van der Waals surface area contributed by atoms with Crippen LogP contribution in [0, 0.1) is 62.7 Å². The minimum Gasteiger partial charge on any atom is -0.391 e. The van der Waals surface area contributed by atoms with Crippen LogP contribution in [-0.2, 0) is 80.7 Å². The molecule has 15 rings (SSSR count). The fraction of sp³-hybridized carbons (Fsp3) is 0.514. The van der Waals surface area contributed by atoms with Crippen LogP contribution in [0.25, 0.3) is 41.8 Å². The third kappa shape index (κ3) is 30.2. The van der Waals surface area contributed by atoms with Crippen LogP contribution in [0.5, 0.6) is 0 Å². The number of aryl methyl sites for hydroxylation is 4. The molecule has 0 unspecified atom stereocenters. The predicted molar refractivity (Wildman–Crippen MR) is 577 cm³/mol. The number of halogens is 1. The van der Waals surface area contributed by atoms with Gasteiger partial charge in [0.1, 0.15) is 42.3 Å². The maximum Gasteiger partial charge on any atom is 0.255 e. The number of hydrogen-bond acceptors (Lipinski definition) is 25. The number of nitrogens with one attached hydrogen (secondary N) is 7. The van der Waals surface area contributed by atoms with E-state index >= 15 is 0 Å². The van der Waals surface area contributed by atoms with Gasteiger partial charge in [-0.3, -0.25) is 52.7 Å². The van der Waals surface area contributed by atoms with Gasteiger partial charge in [-0.15, -0.1) is 45.3 Å². The van der Waals surface area contributed by atoms with E-state index in [9.17, 15) is 73.2 Å². The molecule has 0 bridgehead atoms. The summed E-state index contributed by atoms with van der Waals surface area (Å²) in [5, 5.41) is 62.3. The summed E-state index contributed by atoms with van der Waals surface area (Å²) < 4.78 is 0.829. The summed E-state index contributed by atoms with van der Waals surface area (Å²) in [5.41, 5.74) is 20.3. The van der Waals surface area contributed by atoms with Gasteiger partial charge in [-0.2, -0.15) is 11.8 Å². The van der Waals surface area contributed by atoms with Crippen molar-refractivity contribution in [2.24, 2.45) is 35.0 Å². The van der Waals surface area contributed by atoms with Crippen molar-refractivity contribution >= 4 is 138 Å². The van der Waals surface area contributed by atoms with E-state index in [0.717, 1.165) is 142 Å². The number of benzene rings is 5. The average Bonchev–Trinajstić information content (AvgIpc) is 1.60. The first-order chi connectivity index (χ1) is 69.5. The largest absolute Gasteiger partial charge is 0.391 e. The van der Waals surface area contributed by atoms with Gasteiger partial charge in [0.05, 0.1) is 94.8 Å². The van der Waals surface area contributed by atoms with Crippen LogP contribution >= 0.6 is 73.0 Å². The molecule has 4 aromatic heterocycles. The van der Waals surface area contributed by atoms with Gasteiger partial charge in [-0.05, 0) is 157 Å². The number of nitrogens with zero attached hydrogens (tertiary/aromatic N) is 9. The molecule has 146 heavy (non-hydrogen) atoms. The molecule has 11 N–H and O–H groups in total. The van der Waals surface area contributed by atoms with Gasteiger partial charge in [-0.1, -0.05) is 208 Å². The molecule has 0 radical (unpaired) electrons. The first-order valence-electron chi connectivity index (χ1n) is 50.5. The van der Waals surface area contributed by atoms with Crippen molar-refractivity contribution in [3.05, 3.63) is 198 Å². The lowest BCUT2D eigenvalue weighted by Crippen LogP contribution is -2.58. The van der Waals surface area contributed by atoms with Gasteiger partial charge >= 0.3 is 0 Å². The van der Waals surface area contributed by atoms with Gasteiger partial charge in [0.15, 0.2) is 0 Å². The summed E-state index contributed by atoms with van der Waals surface area (Å²) in [7, 11) is 0. The number of carbonyl (C=O) groups excluding carboxylic acids is 11. The Kier molecular flexibility index (Phi) is 41.5. The number of thioether (sulfide) groups is 1. The summed E-state index contributed by atoms with van der Waals surface area (Å²) in [6.45, 7) is 32.1. The SMILES string of the molecule is CSC[C@H](NC(=O)CCC(C)C)C(=O)N1C[C@H](O)C[C@H]1C(=O)NCc1ccc(-c2scnc2C)cc1.Cc1ncsc1-c1ccc(CNC(=O)[C@@H]2C[C@@H](O)CN2C(=O)[C@@H](NC(=O)C(C)C)C(C)(C)C)cc1.Cc1ncsc1-c1ccc(CNC(=O)[C@@H]2C[C@@H](O)CN2C(=O)[C@@H](NCCC(C)C)C2CCCC2)cc1.Cc1ncsc1-c1ccc(CNC(=O)[C@@H]2C[C@@H](O)CN2C(=O)[C@H](C(C)C)N2Cc3c(Br)cccc3C2=O)cc1. The van der Waals surface area contributed by atoms with E-state index in [-0.39, 0.29) is 135 Å². The van der Waals surface area contributed by atoms with Crippen molar-refractivity contribution in [1.82, 2.24) is 81.7 Å². The first-order valence-corrected chi connectivity index (χ1v) is 56.2. The molecule has 9 heterocycles. The Labute approximate surface area is 885 Å². The maximum atomic E-state index is 13.9. The molecule has 6 aliphatic rings. The van der Waals surface area contributed by atoms with Crippen LogP contribution in [0.1, 0.15) is 208 Å². The van der Waals surface area contributed by atoms with Crippen LogP contribution < -0.4 is 37.2 Å². The van der Waals surface area contributed by atoms with E-state index in [1.165, 1.54) is 26.5 Å². The number of hydrogen-bond donors (Lipinski definition) is 11. The van der Waals surface area contributed by atoms with E-state index in [4.69, 9.17) is 0 Å². The van der Waals surface area contributed by atoms with Crippen LogP contribution in [0.3, 0.4) is 0 Å². The molecule has 5 aliphatic heterocycles. The zero-order valence-electron chi connectivity index (χ0n) is 86.4. The minimum absolute atomic E-state index is 0.0355. The molecule has 5 fully saturated rings. The molecule has 4 saturated heterocycles. The number of aromatic nitrogens is 4. The Morgan fingerprint density at radius 2 is 0.829 bits per heavy atom. The highest BCUT2D eigenvalue weighted by atomic mass is 79.9. The second-order valence-corrected chi connectivity index (χ2v) is 46.5. The smallest absolute Gasteiger partial charge is 0.255 e. The average molecular weight is 2160 g/mol. The molecule has 9 aromatic rings. The molecule has 0 spiro atoms. The summed E-state index contributed by atoms with van der Waals surface area (Å²) in [5.74, 6) is -1.59. The molecule has 1 aliphatic carbocycles. The van der Waals surface area contributed by atoms with E-state index in [0.29, 0.717) is 68.2 Å². The lowest BCUT2D eigenvalue weighted by atomic mass is 9.85. The van der Waals surface area contributed by atoms with Gasteiger partial charge in [0.2, 0.25) is 59.1 Å². The van der Waals surface area contributed by atoms with E-state index in [1.54, 1.807) is 75.1 Å². The molecule has 31 nitrogen and oxygen atoms in total. The van der Waals surface area contributed by atoms with Crippen LogP contribution in [0.15, 0.2) is 142 Å². The van der Waals surface area contributed by atoms with Crippen molar-refractivity contribution in [2.75, 3.05) is 44.7 Å². The Hall–Kier alpha value is -10.6. The maximum absolute atomic E-state index is 13.9. The van der Waals surface area contributed by atoms with E-state index < -0.39 is 72.1 Å². The highest BCUT2D eigenvalue weighted by Crippen LogP contribution is 2.39. The topological polar surface area (TPSA) is 421 Å². The quantitative estimate of drug-likeness (QED) is 0.0176. The predicted octanol–water partition coefficient (Wildman–Crippen LogP) is 13.9. The second-order valence-electron chi connectivity index (χ2n) is 41.3.